The fourth-order valence-electron chi connectivity index (χ4n) is 2.54. The molecular formula is C20H17N3O3. The van der Waals surface area contributed by atoms with E-state index in [0.717, 1.165) is 11.0 Å². The van der Waals surface area contributed by atoms with Crippen molar-refractivity contribution in [2.75, 3.05) is 6.54 Å². The van der Waals surface area contributed by atoms with Crippen LogP contribution in [0.15, 0.2) is 59.0 Å². The van der Waals surface area contributed by atoms with Crippen LogP contribution in [0.2, 0.25) is 0 Å². The summed E-state index contributed by atoms with van der Waals surface area (Å²) in [6, 6.07) is 17.4. The van der Waals surface area contributed by atoms with Crippen LogP contribution in [0.5, 0.6) is 0 Å². The van der Waals surface area contributed by atoms with Crippen LogP contribution in [-0.4, -0.2) is 18.4 Å². The number of amides is 2. The number of carbonyl (C=O) groups is 2. The molecule has 6 heteroatoms. The van der Waals surface area contributed by atoms with Gasteiger partial charge in [-0.15, -0.1) is 0 Å². The number of para-hydroxylation sites is 1. The predicted molar refractivity (Wildman–Crippen MR) is 96.3 cm³/mol. The molecule has 3 aromatic rings. The molecule has 1 aromatic heterocycles. The van der Waals surface area contributed by atoms with Gasteiger partial charge in [0.05, 0.1) is 24.2 Å². The van der Waals surface area contributed by atoms with Crippen molar-refractivity contribution in [2.24, 2.45) is 0 Å². The van der Waals surface area contributed by atoms with Crippen LogP contribution in [0, 0.1) is 11.3 Å². The van der Waals surface area contributed by atoms with E-state index in [4.69, 9.17) is 9.68 Å². The highest BCUT2D eigenvalue weighted by Crippen LogP contribution is 2.23. The van der Waals surface area contributed by atoms with Gasteiger partial charge in [-0.1, -0.05) is 18.2 Å². The number of rotatable bonds is 5. The number of carbonyl (C=O) groups excluding carboxylic acids is 2. The number of nitrogens with one attached hydrogen (secondary N) is 2. The first-order chi connectivity index (χ1) is 12.6. The Morgan fingerprint density at radius 1 is 1.15 bits per heavy atom. The van der Waals surface area contributed by atoms with E-state index in [9.17, 15) is 9.59 Å². The van der Waals surface area contributed by atoms with Gasteiger partial charge in [-0.3, -0.25) is 9.59 Å². The first-order valence-corrected chi connectivity index (χ1v) is 8.13. The predicted octanol–water partition coefficient (Wildman–Crippen LogP) is 2.91. The summed E-state index contributed by atoms with van der Waals surface area (Å²) in [5.41, 5.74) is 1.62. The number of hydrogen-bond acceptors (Lipinski definition) is 4. The van der Waals surface area contributed by atoms with Gasteiger partial charge in [-0.25, -0.2) is 0 Å². The van der Waals surface area contributed by atoms with Gasteiger partial charge in [0.2, 0.25) is 5.91 Å². The molecule has 2 amide bonds. The highest BCUT2D eigenvalue weighted by molar-refractivity contribution is 5.96. The van der Waals surface area contributed by atoms with Crippen molar-refractivity contribution in [1.29, 1.82) is 5.26 Å². The summed E-state index contributed by atoms with van der Waals surface area (Å²) in [6.45, 7) is 1.67. The Bertz CT molecular complexity index is 950. The van der Waals surface area contributed by atoms with E-state index in [2.05, 4.69) is 10.6 Å². The maximum Gasteiger partial charge on any atom is 0.251 e. The monoisotopic (exact) mass is 347 g/mol. The largest absolute Gasteiger partial charge is 0.459 e. The van der Waals surface area contributed by atoms with E-state index < -0.39 is 0 Å². The van der Waals surface area contributed by atoms with Crippen molar-refractivity contribution in [3.05, 3.63) is 71.5 Å². The number of nitrogens with zero attached hydrogens (tertiary/aromatic N) is 1. The van der Waals surface area contributed by atoms with E-state index in [-0.39, 0.29) is 24.4 Å². The first kappa shape index (κ1) is 17.2. The van der Waals surface area contributed by atoms with Crippen LogP contribution < -0.4 is 10.6 Å². The minimum Gasteiger partial charge on any atom is -0.459 e. The number of benzene rings is 2. The first-order valence-electron chi connectivity index (χ1n) is 8.13. The van der Waals surface area contributed by atoms with Crippen LogP contribution in [0.4, 0.5) is 0 Å². The minimum absolute atomic E-state index is 0.149. The number of furan rings is 1. The lowest BCUT2D eigenvalue weighted by molar-refractivity contribution is -0.120. The summed E-state index contributed by atoms with van der Waals surface area (Å²) in [6.07, 6.45) is 0. The average Bonchev–Trinajstić information content (AvgIpc) is 3.10. The maximum atomic E-state index is 12.1. The number of nitriles is 1. The molecule has 1 heterocycles. The molecule has 0 aliphatic carbocycles. The quantitative estimate of drug-likeness (QED) is 0.742. The zero-order valence-corrected chi connectivity index (χ0v) is 14.2. The Kier molecular flexibility index (Phi) is 4.99. The topological polar surface area (TPSA) is 95.1 Å². The Morgan fingerprint density at radius 2 is 1.88 bits per heavy atom. The summed E-state index contributed by atoms with van der Waals surface area (Å²) in [7, 11) is 0. The average molecular weight is 347 g/mol. The molecule has 1 atom stereocenters. The van der Waals surface area contributed by atoms with E-state index in [1.165, 1.54) is 0 Å². The highest BCUT2D eigenvalue weighted by Gasteiger charge is 2.15. The van der Waals surface area contributed by atoms with Crippen LogP contribution in [-0.2, 0) is 4.79 Å². The normalized spacial score (nSPS) is 11.5. The van der Waals surface area contributed by atoms with Gasteiger partial charge in [-0.2, -0.15) is 5.26 Å². The van der Waals surface area contributed by atoms with Crippen LogP contribution in [0.3, 0.4) is 0 Å². The summed E-state index contributed by atoms with van der Waals surface area (Å²) >= 11 is 0. The molecule has 0 saturated heterocycles. The molecule has 2 N–H and O–H groups in total. The zero-order chi connectivity index (χ0) is 18.5. The minimum atomic E-state index is -0.374. The second kappa shape index (κ2) is 7.53. The summed E-state index contributed by atoms with van der Waals surface area (Å²) in [5, 5.41) is 15.1. The van der Waals surface area contributed by atoms with Gasteiger partial charge in [0.1, 0.15) is 11.3 Å². The summed E-state index contributed by atoms with van der Waals surface area (Å²) in [4.78, 5) is 24.1. The van der Waals surface area contributed by atoms with Gasteiger partial charge in [0, 0.05) is 10.9 Å². The molecule has 0 fully saturated rings. The van der Waals surface area contributed by atoms with Crippen molar-refractivity contribution < 1.29 is 14.0 Å². The summed E-state index contributed by atoms with van der Waals surface area (Å²) in [5.74, 6) is -0.0426. The van der Waals surface area contributed by atoms with E-state index in [1.54, 1.807) is 24.3 Å². The molecule has 3 rings (SSSR count). The fraction of sp³-hybridized carbons (Fsp3) is 0.150. The molecule has 6 nitrogen and oxygen atoms in total. The van der Waals surface area contributed by atoms with Gasteiger partial charge in [0.25, 0.3) is 5.91 Å². The van der Waals surface area contributed by atoms with Crippen LogP contribution >= 0.6 is 0 Å². The third-order valence-electron chi connectivity index (χ3n) is 3.93. The van der Waals surface area contributed by atoms with E-state index in [1.807, 2.05) is 43.3 Å². The number of fused-ring (bicyclic) bond motifs is 1. The standard InChI is InChI=1S/C20H17N3O3/c1-13(18-10-16-4-2-3-5-17(16)26-18)23-19(24)12-22-20(25)15-8-6-14(11-21)7-9-15/h2-10,13H,12H2,1H3,(H,22,25)(H,23,24). The lowest BCUT2D eigenvalue weighted by Gasteiger charge is -2.12. The molecule has 0 spiro atoms. The lowest BCUT2D eigenvalue weighted by atomic mass is 10.1. The van der Waals surface area contributed by atoms with Crippen molar-refractivity contribution in [3.63, 3.8) is 0 Å². The van der Waals surface area contributed by atoms with E-state index in [0.29, 0.717) is 16.9 Å². The van der Waals surface area contributed by atoms with Crippen molar-refractivity contribution in [1.82, 2.24) is 10.6 Å². The number of hydrogen-bond donors (Lipinski definition) is 2. The van der Waals surface area contributed by atoms with Crippen molar-refractivity contribution in [2.45, 2.75) is 13.0 Å². The molecular weight excluding hydrogens is 330 g/mol. The molecule has 26 heavy (non-hydrogen) atoms. The molecule has 0 saturated carbocycles. The lowest BCUT2D eigenvalue weighted by Crippen LogP contribution is -2.37. The molecule has 0 bridgehead atoms. The molecule has 0 aliphatic rings. The Morgan fingerprint density at radius 3 is 2.58 bits per heavy atom. The zero-order valence-electron chi connectivity index (χ0n) is 14.2. The van der Waals surface area contributed by atoms with E-state index >= 15 is 0 Å². The Labute approximate surface area is 150 Å². The third kappa shape index (κ3) is 3.90. The van der Waals surface area contributed by atoms with Gasteiger partial charge in [0.15, 0.2) is 0 Å². The molecule has 0 radical (unpaired) electrons. The summed E-state index contributed by atoms with van der Waals surface area (Å²) < 4.78 is 5.72. The molecule has 2 aromatic carbocycles. The van der Waals surface area contributed by atoms with Crippen LogP contribution in [0.1, 0.15) is 34.6 Å². The second-order valence-corrected chi connectivity index (χ2v) is 5.85. The van der Waals surface area contributed by atoms with Crippen LogP contribution in [0.25, 0.3) is 11.0 Å². The highest BCUT2D eigenvalue weighted by atomic mass is 16.3. The molecule has 130 valence electrons. The maximum absolute atomic E-state index is 12.1. The van der Waals surface area contributed by atoms with Crippen molar-refractivity contribution >= 4 is 22.8 Å². The van der Waals surface area contributed by atoms with Gasteiger partial charge >= 0.3 is 0 Å². The Hall–Kier alpha value is -3.59. The fourth-order valence-corrected chi connectivity index (χ4v) is 2.54. The third-order valence-corrected chi connectivity index (χ3v) is 3.93. The smallest absolute Gasteiger partial charge is 0.251 e. The van der Waals surface area contributed by atoms with Gasteiger partial charge in [-0.05, 0) is 43.3 Å². The SMILES string of the molecule is CC(NC(=O)CNC(=O)c1ccc(C#N)cc1)c1cc2ccccc2o1. The second-order valence-electron chi connectivity index (χ2n) is 5.85. The Balaban J connectivity index is 1.54. The molecule has 1 unspecified atom stereocenters. The van der Waals surface area contributed by atoms with Gasteiger partial charge < -0.3 is 15.1 Å². The van der Waals surface area contributed by atoms with Crippen molar-refractivity contribution in [3.8, 4) is 6.07 Å². The molecule has 0 aliphatic heterocycles.